The van der Waals surface area contributed by atoms with Gasteiger partial charge < -0.3 is 20.1 Å². The van der Waals surface area contributed by atoms with Crippen LogP contribution in [0.4, 0.5) is 11.5 Å². The summed E-state index contributed by atoms with van der Waals surface area (Å²) in [6.45, 7) is 6.74. The molecule has 0 unspecified atom stereocenters. The number of carbonyl (C=O) groups is 1. The molecule has 2 N–H and O–H groups in total. The van der Waals surface area contributed by atoms with Gasteiger partial charge in [-0.1, -0.05) is 23.8 Å². The number of carbonyl (C=O) groups excluding carboxylic acids is 1. The standard InChI is InChI=1S/C22H22N4O3/c1-13-6-14(2)21(15(3)7-13)26-20-9-17(24-11-25-20)22(27)23-10-16-4-5-18-19(8-16)29-12-28-18/h4-9,11H,10,12H2,1-3H3,(H,23,27)(H,24,25,26). The van der Waals surface area contributed by atoms with Crippen molar-refractivity contribution in [3.8, 4) is 11.5 Å². The Morgan fingerprint density at radius 1 is 1.00 bits per heavy atom. The average molecular weight is 390 g/mol. The predicted molar refractivity (Wildman–Crippen MR) is 110 cm³/mol. The molecule has 0 radical (unpaired) electrons. The minimum Gasteiger partial charge on any atom is -0.454 e. The van der Waals surface area contributed by atoms with Crippen molar-refractivity contribution in [1.82, 2.24) is 15.3 Å². The van der Waals surface area contributed by atoms with E-state index in [1.54, 1.807) is 6.07 Å². The Hall–Kier alpha value is -3.61. The molecule has 1 aliphatic heterocycles. The maximum atomic E-state index is 12.5. The molecule has 0 aliphatic carbocycles. The normalized spacial score (nSPS) is 12.0. The van der Waals surface area contributed by atoms with E-state index in [-0.39, 0.29) is 12.7 Å². The van der Waals surface area contributed by atoms with Crippen LogP contribution in [0.25, 0.3) is 0 Å². The first-order valence-corrected chi connectivity index (χ1v) is 9.33. The van der Waals surface area contributed by atoms with Gasteiger partial charge in [-0.3, -0.25) is 4.79 Å². The third-order valence-corrected chi connectivity index (χ3v) is 4.72. The minimum atomic E-state index is -0.273. The molecule has 0 fully saturated rings. The molecule has 1 aromatic heterocycles. The van der Waals surface area contributed by atoms with Crippen LogP contribution in [0.5, 0.6) is 11.5 Å². The summed E-state index contributed by atoms with van der Waals surface area (Å²) in [5.74, 6) is 1.70. The van der Waals surface area contributed by atoms with Crippen LogP contribution in [0.2, 0.25) is 0 Å². The maximum absolute atomic E-state index is 12.5. The molecular formula is C22H22N4O3. The number of nitrogens with zero attached hydrogens (tertiary/aromatic N) is 2. The zero-order chi connectivity index (χ0) is 20.4. The second kappa shape index (κ2) is 7.79. The summed E-state index contributed by atoms with van der Waals surface area (Å²) in [7, 11) is 0. The molecule has 29 heavy (non-hydrogen) atoms. The molecule has 3 aromatic rings. The van der Waals surface area contributed by atoms with Gasteiger partial charge in [-0.15, -0.1) is 0 Å². The van der Waals surface area contributed by atoms with E-state index < -0.39 is 0 Å². The van der Waals surface area contributed by atoms with E-state index in [1.165, 1.54) is 11.9 Å². The lowest BCUT2D eigenvalue weighted by molar-refractivity contribution is 0.0945. The number of ether oxygens (including phenoxy) is 2. The van der Waals surface area contributed by atoms with Crippen molar-refractivity contribution in [2.45, 2.75) is 27.3 Å². The first-order valence-electron chi connectivity index (χ1n) is 9.33. The number of rotatable bonds is 5. The topological polar surface area (TPSA) is 85.4 Å². The van der Waals surface area contributed by atoms with Gasteiger partial charge in [-0.25, -0.2) is 9.97 Å². The summed E-state index contributed by atoms with van der Waals surface area (Å²) in [5, 5.41) is 6.18. The molecule has 1 aliphatic rings. The van der Waals surface area contributed by atoms with Crippen molar-refractivity contribution in [2.75, 3.05) is 12.1 Å². The van der Waals surface area contributed by atoms with Gasteiger partial charge in [0, 0.05) is 18.3 Å². The van der Waals surface area contributed by atoms with Crippen molar-refractivity contribution < 1.29 is 14.3 Å². The fourth-order valence-electron chi connectivity index (χ4n) is 3.38. The van der Waals surface area contributed by atoms with Crippen LogP contribution in [0.3, 0.4) is 0 Å². The van der Waals surface area contributed by atoms with Crippen molar-refractivity contribution in [3.63, 3.8) is 0 Å². The molecule has 4 rings (SSSR count). The third-order valence-electron chi connectivity index (χ3n) is 4.72. The third kappa shape index (κ3) is 4.13. The number of hydrogen-bond acceptors (Lipinski definition) is 6. The number of amides is 1. The zero-order valence-corrected chi connectivity index (χ0v) is 16.6. The van der Waals surface area contributed by atoms with Crippen molar-refractivity contribution >= 4 is 17.4 Å². The molecule has 0 saturated carbocycles. The Balaban J connectivity index is 1.45. The van der Waals surface area contributed by atoms with Gasteiger partial charge in [-0.05, 0) is 49.6 Å². The SMILES string of the molecule is Cc1cc(C)c(Nc2cc(C(=O)NCc3ccc4c(c3)OCO4)ncn2)c(C)c1. The van der Waals surface area contributed by atoms with Crippen LogP contribution >= 0.6 is 0 Å². The van der Waals surface area contributed by atoms with Gasteiger partial charge in [0.1, 0.15) is 17.8 Å². The molecule has 7 nitrogen and oxygen atoms in total. The van der Waals surface area contributed by atoms with Gasteiger partial charge in [-0.2, -0.15) is 0 Å². The molecule has 2 heterocycles. The molecule has 0 saturated heterocycles. The molecule has 0 bridgehead atoms. The van der Waals surface area contributed by atoms with Crippen LogP contribution in [-0.2, 0) is 6.54 Å². The highest BCUT2D eigenvalue weighted by atomic mass is 16.7. The maximum Gasteiger partial charge on any atom is 0.270 e. The number of aryl methyl sites for hydroxylation is 3. The number of anilines is 2. The van der Waals surface area contributed by atoms with E-state index in [4.69, 9.17) is 9.47 Å². The second-order valence-corrected chi connectivity index (χ2v) is 7.06. The predicted octanol–water partition coefficient (Wildman–Crippen LogP) is 3.80. The molecule has 148 valence electrons. The summed E-state index contributed by atoms with van der Waals surface area (Å²) in [4.78, 5) is 20.9. The van der Waals surface area contributed by atoms with E-state index in [2.05, 4.69) is 39.7 Å². The van der Waals surface area contributed by atoms with Crippen LogP contribution < -0.4 is 20.1 Å². The average Bonchev–Trinajstić information content (AvgIpc) is 3.17. The molecule has 7 heteroatoms. The highest BCUT2D eigenvalue weighted by Crippen LogP contribution is 2.32. The smallest absolute Gasteiger partial charge is 0.270 e. The van der Waals surface area contributed by atoms with Gasteiger partial charge in [0.2, 0.25) is 6.79 Å². The van der Waals surface area contributed by atoms with Gasteiger partial charge in [0.25, 0.3) is 5.91 Å². The Bertz CT molecular complexity index is 1060. The first kappa shape index (κ1) is 18.7. The van der Waals surface area contributed by atoms with Crippen LogP contribution in [-0.4, -0.2) is 22.7 Å². The Labute approximate surface area is 169 Å². The largest absolute Gasteiger partial charge is 0.454 e. The molecule has 1 amide bonds. The Kier molecular flexibility index (Phi) is 5.03. The Morgan fingerprint density at radius 3 is 2.55 bits per heavy atom. The lowest BCUT2D eigenvalue weighted by Crippen LogP contribution is -2.24. The summed E-state index contributed by atoms with van der Waals surface area (Å²) in [5.41, 5.74) is 5.65. The first-order chi connectivity index (χ1) is 14.0. The molecular weight excluding hydrogens is 368 g/mol. The fraction of sp³-hybridized carbons (Fsp3) is 0.227. The fourth-order valence-corrected chi connectivity index (χ4v) is 3.38. The molecule has 0 atom stereocenters. The van der Waals surface area contributed by atoms with E-state index >= 15 is 0 Å². The van der Waals surface area contributed by atoms with Crippen LogP contribution in [0.1, 0.15) is 32.7 Å². The number of nitrogens with one attached hydrogen (secondary N) is 2. The van der Waals surface area contributed by atoms with Crippen molar-refractivity contribution in [3.05, 3.63) is 70.7 Å². The number of hydrogen-bond donors (Lipinski definition) is 2. The summed E-state index contributed by atoms with van der Waals surface area (Å²) >= 11 is 0. The van der Waals surface area contributed by atoms with Crippen molar-refractivity contribution in [1.29, 1.82) is 0 Å². The van der Waals surface area contributed by atoms with E-state index in [0.717, 1.165) is 22.4 Å². The lowest BCUT2D eigenvalue weighted by Gasteiger charge is -2.13. The summed E-state index contributed by atoms with van der Waals surface area (Å²) in [6.07, 6.45) is 1.39. The lowest BCUT2D eigenvalue weighted by atomic mass is 10.1. The van der Waals surface area contributed by atoms with Crippen molar-refractivity contribution in [2.24, 2.45) is 0 Å². The minimum absolute atomic E-state index is 0.224. The summed E-state index contributed by atoms with van der Waals surface area (Å²) in [6, 6.07) is 11.4. The van der Waals surface area contributed by atoms with Gasteiger partial charge >= 0.3 is 0 Å². The Morgan fingerprint density at radius 2 is 1.76 bits per heavy atom. The quantitative estimate of drug-likeness (QED) is 0.689. The monoisotopic (exact) mass is 390 g/mol. The zero-order valence-electron chi connectivity index (χ0n) is 16.6. The van der Waals surface area contributed by atoms with Crippen LogP contribution in [0, 0.1) is 20.8 Å². The van der Waals surface area contributed by atoms with Gasteiger partial charge in [0.15, 0.2) is 11.5 Å². The van der Waals surface area contributed by atoms with E-state index in [0.29, 0.717) is 29.6 Å². The number of fused-ring (bicyclic) bond motifs is 1. The highest BCUT2D eigenvalue weighted by Gasteiger charge is 2.14. The highest BCUT2D eigenvalue weighted by molar-refractivity contribution is 5.93. The molecule has 0 spiro atoms. The van der Waals surface area contributed by atoms with E-state index in [1.807, 2.05) is 32.0 Å². The number of aromatic nitrogens is 2. The summed E-state index contributed by atoms with van der Waals surface area (Å²) < 4.78 is 10.7. The second-order valence-electron chi connectivity index (χ2n) is 7.06. The molecule has 2 aromatic carbocycles. The van der Waals surface area contributed by atoms with Crippen LogP contribution in [0.15, 0.2) is 42.7 Å². The van der Waals surface area contributed by atoms with Gasteiger partial charge in [0.05, 0.1) is 0 Å². The van der Waals surface area contributed by atoms with E-state index in [9.17, 15) is 4.79 Å². The number of benzene rings is 2.